The molecule has 2 aliphatic carbocycles. The highest BCUT2D eigenvalue weighted by Gasteiger charge is 2.39. The van der Waals surface area contributed by atoms with Crippen LogP contribution in [0.1, 0.15) is 31.2 Å². The van der Waals surface area contributed by atoms with Crippen molar-refractivity contribution >= 4 is 34.6 Å². The number of thiocarbonyl (C=S) groups is 1. The molecule has 0 aliphatic heterocycles. The molecule has 2 bridgehead atoms. The maximum absolute atomic E-state index is 6.13. The third-order valence-electron chi connectivity index (χ3n) is 4.78. The molecular weight excluding hydrogens is 304 g/mol. The Hall–Kier alpha value is -1.00. The van der Waals surface area contributed by atoms with E-state index < -0.39 is 0 Å². The van der Waals surface area contributed by atoms with Gasteiger partial charge in [0.25, 0.3) is 0 Å². The molecule has 0 heterocycles. The molecule has 2 fully saturated rings. The first-order valence-electron chi connectivity index (χ1n) is 7.48. The maximum atomic E-state index is 6.13. The Morgan fingerprint density at radius 1 is 1.33 bits per heavy atom. The van der Waals surface area contributed by atoms with Crippen molar-refractivity contribution in [3.63, 3.8) is 0 Å². The van der Waals surface area contributed by atoms with E-state index in [0.29, 0.717) is 21.9 Å². The lowest BCUT2D eigenvalue weighted by Gasteiger charge is -2.25. The summed E-state index contributed by atoms with van der Waals surface area (Å²) in [5, 5.41) is 8.10. The lowest BCUT2D eigenvalue weighted by molar-refractivity contribution is 0.391. The molecule has 3 atom stereocenters. The van der Waals surface area contributed by atoms with Crippen molar-refractivity contribution in [1.29, 1.82) is 0 Å². The lowest BCUT2D eigenvalue weighted by atomic mass is 9.95. The molecule has 0 aromatic heterocycles. The van der Waals surface area contributed by atoms with Gasteiger partial charge in [-0.15, -0.1) is 0 Å². The molecule has 1 aromatic rings. The maximum Gasteiger partial charge on any atom is 0.171 e. The Bertz CT molecular complexity index is 563. The molecule has 5 heteroatoms. The van der Waals surface area contributed by atoms with Crippen molar-refractivity contribution in [2.45, 2.75) is 38.6 Å². The second-order valence-electron chi connectivity index (χ2n) is 6.18. The third-order valence-corrected chi connectivity index (χ3v) is 5.41. The lowest BCUT2D eigenvalue weighted by Crippen LogP contribution is -2.40. The monoisotopic (exact) mass is 324 g/mol. The topological polar surface area (TPSA) is 33.3 Å². The molecule has 0 amide bonds. The summed E-state index contributed by atoms with van der Waals surface area (Å²) >= 11 is 11.6. The van der Waals surface area contributed by atoms with Crippen LogP contribution in [-0.4, -0.2) is 18.3 Å². The first-order chi connectivity index (χ1) is 10.1. The predicted molar refractivity (Wildman–Crippen MR) is 91.3 cm³/mol. The fourth-order valence-corrected chi connectivity index (χ4v) is 4.09. The van der Waals surface area contributed by atoms with Gasteiger partial charge in [-0.1, -0.05) is 18.0 Å². The van der Waals surface area contributed by atoms with Crippen molar-refractivity contribution in [1.82, 2.24) is 5.32 Å². The summed E-state index contributed by atoms with van der Waals surface area (Å²) in [7, 11) is 1.64. The van der Waals surface area contributed by atoms with Gasteiger partial charge >= 0.3 is 0 Å². The molecule has 0 spiro atoms. The quantitative estimate of drug-likeness (QED) is 0.819. The van der Waals surface area contributed by atoms with Crippen molar-refractivity contribution in [2.24, 2.45) is 11.8 Å². The van der Waals surface area contributed by atoms with Crippen LogP contribution < -0.4 is 15.4 Å². The molecule has 0 unspecified atom stereocenters. The highest BCUT2D eigenvalue weighted by atomic mass is 35.5. The first kappa shape index (κ1) is 14.9. The van der Waals surface area contributed by atoms with Crippen molar-refractivity contribution in [2.75, 3.05) is 12.4 Å². The number of anilines is 1. The number of benzene rings is 1. The van der Waals surface area contributed by atoms with Gasteiger partial charge in [-0.25, -0.2) is 0 Å². The summed E-state index contributed by atoms with van der Waals surface area (Å²) < 4.78 is 5.37. The fraction of sp³-hybridized carbons (Fsp3) is 0.562. The summed E-state index contributed by atoms with van der Waals surface area (Å²) in [4.78, 5) is 0. The number of nitrogens with one attached hydrogen (secondary N) is 2. The third kappa shape index (κ3) is 3.11. The number of halogens is 1. The summed E-state index contributed by atoms with van der Waals surface area (Å²) in [6, 6.07) is 4.32. The highest BCUT2D eigenvalue weighted by Crippen LogP contribution is 2.44. The Labute approximate surface area is 136 Å². The van der Waals surface area contributed by atoms with Crippen LogP contribution in [0.15, 0.2) is 12.1 Å². The van der Waals surface area contributed by atoms with Crippen LogP contribution in [-0.2, 0) is 0 Å². The van der Waals surface area contributed by atoms with Gasteiger partial charge in [0.1, 0.15) is 5.75 Å². The van der Waals surface area contributed by atoms with E-state index in [1.165, 1.54) is 25.7 Å². The molecule has 114 valence electrons. The zero-order valence-corrected chi connectivity index (χ0v) is 14.0. The number of hydrogen-bond acceptors (Lipinski definition) is 2. The van der Waals surface area contributed by atoms with E-state index in [1.807, 2.05) is 19.1 Å². The predicted octanol–water partition coefficient (Wildman–Crippen LogP) is 4.13. The van der Waals surface area contributed by atoms with Crippen molar-refractivity contribution in [3.8, 4) is 5.75 Å². The average Bonchev–Trinajstić information content (AvgIpc) is 3.05. The summed E-state index contributed by atoms with van der Waals surface area (Å²) in [6.45, 7) is 1.97. The van der Waals surface area contributed by atoms with E-state index in [-0.39, 0.29) is 0 Å². The molecule has 21 heavy (non-hydrogen) atoms. The van der Waals surface area contributed by atoms with E-state index in [0.717, 1.165) is 23.1 Å². The highest BCUT2D eigenvalue weighted by molar-refractivity contribution is 7.80. The molecular formula is C16H21ClN2OS. The van der Waals surface area contributed by atoms with Gasteiger partial charge in [-0.05, 0) is 61.9 Å². The smallest absolute Gasteiger partial charge is 0.171 e. The second kappa shape index (κ2) is 6.01. The van der Waals surface area contributed by atoms with Crippen LogP contribution in [0.2, 0.25) is 5.02 Å². The summed E-state index contributed by atoms with van der Waals surface area (Å²) in [5.74, 6) is 2.41. The SMILES string of the molecule is COc1cc(Cl)c(C)cc1NC(=S)N[C@@H]1C[C@@H]2CC[C@@H]1C2. The minimum Gasteiger partial charge on any atom is -0.495 e. The van der Waals surface area contributed by atoms with Crippen LogP contribution in [0, 0.1) is 18.8 Å². The fourth-order valence-electron chi connectivity index (χ4n) is 3.68. The molecule has 0 radical (unpaired) electrons. The van der Waals surface area contributed by atoms with E-state index in [1.54, 1.807) is 7.11 Å². The van der Waals surface area contributed by atoms with E-state index in [9.17, 15) is 0 Å². The van der Waals surface area contributed by atoms with Gasteiger partial charge in [0.2, 0.25) is 0 Å². The average molecular weight is 325 g/mol. The zero-order valence-electron chi connectivity index (χ0n) is 12.4. The summed E-state index contributed by atoms with van der Waals surface area (Å²) in [6.07, 6.45) is 5.36. The minimum atomic E-state index is 0.531. The molecule has 2 saturated carbocycles. The normalized spacial score (nSPS) is 26.7. The van der Waals surface area contributed by atoms with Crippen LogP contribution >= 0.6 is 23.8 Å². The molecule has 2 N–H and O–H groups in total. The Balaban J connectivity index is 1.66. The standard InChI is InChI=1S/C16H21ClN2OS/c1-9-5-14(15(20-2)8-12(9)17)19-16(21)18-13-7-10-3-4-11(13)6-10/h5,8,10-11,13H,3-4,6-7H2,1-2H3,(H2,18,19,21)/t10-,11-,13-/m1/s1. The Morgan fingerprint density at radius 2 is 2.14 bits per heavy atom. The van der Waals surface area contributed by atoms with Crippen LogP contribution in [0.3, 0.4) is 0 Å². The van der Waals surface area contributed by atoms with E-state index in [2.05, 4.69) is 10.6 Å². The van der Waals surface area contributed by atoms with E-state index >= 15 is 0 Å². The number of aryl methyl sites for hydroxylation is 1. The second-order valence-corrected chi connectivity index (χ2v) is 7.00. The number of hydrogen-bond donors (Lipinski definition) is 2. The van der Waals surface area contributed by atoms with Crippen molar-refractivity contribution in [3.05, 3.63) is 22.7 Å². The Kier molecular flexibility index (Phi) is 4.27. The van der Waals surface area contributed by atoms with Crippen molar-refractivity contribution < 1.29 is 4.74 Å². The summed E-state index contributed by atoms with van der Waals surface area (Å²) in [5.41, 5.74) is 1.86. The number of ether oxygens (including phenoxy) is 1. The molecule has 0 saturated heterocycles. The van der Waals surface area contributed by atoms with Crippen LogP contribution in [0.25, 0.3) is 0 Å². The minimum absolute atomic E-state index is 0.531. The van der Waals surface area contributed by atoms with Gasteiger partial charge in [0.15, 0.2) is 5.11 Å². The van der Waals surface area contributed by atoms with Gasteiger partial charge in [-0.3, -0.25) is 0 Å². The van der Waals surface area contributed by atoms with Gasteiger partial charge in [0.05, 0.1) is 12.8 Å². The zero-order chi connectivity index (χ0) is 15.0. The van der Waals surface area contributed by atoms with Gasteiger partial charge in [-0.2, -0.15) is 0 Å². The van der Waals surface area contributed by atoms with Gasteiger partial charge < -0.3 is 15.4 Å². The number of fused-ring (bicyclic) bond motifs is 2. The largest absolute Gasteiger partial charge is 0.495 e. The Morgan fingerprint density at radius 3 is 2.76 bits per heavy atom. The molecule has 3 nitrogen and oxygen atoms in total. The number of methoxy groups -OCH3 is 1. The van der Waals surface area contributed by atoms with Crippen LogP contribution in [0.4, 0.5) is 5.69 Å². The van der Waals surface area contributed by atoms with Crippen LogP contribution in [0.5, 0.6) is 5.75 Å². The first-order valence-corrected chi connectivity index (χ1v) is 8.27. The van der Waals surface area contributed by atoms with Gasteiger partial charge in [0, 0.05) is 17.1 Å². The molecule has 2 aliphatic rings. The molecule has 1 aromatic carbocycles. The molecule has 3 rings (SSSR count). The van der Waals surface area contributed by atoms with E-state index in [4.69, 9.17) is 28.6 Å². The number of rotatable bonds is 3.